The summed E-state index contributed by atoms with van der Waals surface area (Å²) in [5, 5.41) is 4.87. The van der Waals surface area contributed by atoms with Crippen LogP contribution in [0.25, 0.3) is 10.9 Å². The molecule has 2 heterocycles. The molecule has 4 heteroatoms. The summed E-state index contributed by atoms with van der Waals surface area (Å²) >= 11 is 6.03. The van der Waals surface area contributed by atoms with Crippen LogP contribution >= 0.6 is 11.6 Å². The van der Waals surface area contributed by atoms with E-state index in [1.165, 1.54) is 0 Å². The van der Waals surface area contributed by atoms with Crippen LogP contribution in [0, 0.1) is 0 Å². The summed E-state index contributed by atoms with van der Waals surface area (Å²) in [5.74, 6) is 0.181. The van der Waals surface area contributed by atoms with E-state index in [0.29, 0.717) is 5.02 Å². The van der Waals surface area contributed by atoms with Gasteiger partial charge in [0.05, 0.1) is 6.04 Å². The van der Waals surface area contributed by atoms with Gasteiger partial charge in [0.15, 0.2) is 5.78 Å². The monoisotopic (exact) mass is 262 g/mol. The first kappa shape index (κ1) is 11.8. The third-order valence-corrected chi connectivity index (χ3v) is 3.83. The summed E-state index contributed by atoms with van der Waals surface area (Å²) in [6.07, 6.45) is 3.90. The summed E-state index contributed by atoms with van der Waals surface area (Å²) < 4.78 is 1.98. The summed E-state index contributed by atoms with van der Waals surface area (Å²) in [6.45, 7) is 0.932. The highest BCUT2D eigenvalue weighted by atomic mass is 35.5. The molecule has 1 atom stereocenters. The molecule has 1 aromatic heterocycles. The van der Waals surface area contributed by atoms with E-state index in [-0.39, 0.29) is 11.8 Å². The van der Waals surface area contributed by atoms with Gasteiger partial charge in [-0.3, -0.25) is 4.79 Å². The lowest BCUT2D eigenvalue weighted by molar-refractivity contribution is 0.0954. The van der Waals surface area contributed by atoms with Gasteiger partial charge in [-0.2, -0.15) is 0 Å². The number of rotatable bonds is 2. The molecule has 0 radical (unpaired) electrons. The first-order valence-electron chi connectivity index (χ1n) is 6.19. The molecule has 1 aliphatic heterocycles. The molecule has 1 saturated heterocycles. The van der Waals surface area contributed by atoms with E-state index in [1.807, 2.05) is 36.0 Å². The predicted octanol–water partition coefficient (Wildman–Crippen LogP) is 2.77. The number of Topliss-reactive ketones (excluding diaryl/α,β-unsaturated/α-hetero) is 1. The third-order valence-electron chi connectivity index (χ3n) is 3.59. The van der Waals surface area contributed by atoms with Crippen molar-refractivity contribution in [2.24, 2.45) is 7.05 Å². The molecule has 2 aromatic rings. The van der Waals surface area contributed by atoms with Crippen LogP contribution in [-0.4, -0.2) is 22.9 Å². The zero-order valence-corrected chi connectivity index (χ0v) is 11.0. The van der Waals surface area contributed by atoms with Crippen LogP contribution in [0.15, 0.2) is 24.4 Å². The van der Waals surface area contributed by atoms with Gasteiger partial charge >= 0.3 is 0 Å². The van der Waals surface area contributed by atoms with Crippen molar-refractivity contribution >= 4 is 28.3 Å². The molecule has 1 fully saturated rings. The van der Waals surface area contributed by atoms with Crippen LogP contribution in [0.5, 0.6) is 0 Å². The molecule has 0 spiro atoms. The third kappa shape index (κ3) is 1.84. The Morgan fingerprint density at radius 1 is 1.50 bits per heavy atom. The Labute approximate surface area is 111 Å². The Kier molecular flexibility index (Phi) is 2.88. The van der Waals surface area contributed by atoms with E-state index < -0.39 is 0 Å². The second-order valence-electron chi connectivity index (χ2n) is 4.83. The number of aromatic nitrogens is 1. The fourth-order valence-electron chi connectivity index (χ4n) is 2.66. The quantitative estimate of drug-likeness (QED) is 0.845. The maximum Gasteiger partial charge on any atom is 0.181 e. The summed E-state index contributed by atoms with van der Waals surface area (Å²) in [5.41, 5.74) is 1.81. The number of ketones is 1. The van der Waals surface area contributed by atoms with E-state index in [4.69, 9.17) is 11.6 Å². The lowest BCUT2D eigenvalue weighted by atomic mass is 10.0. The van der Waals surface area contributed by atoms with Crippen molar-refractivity contribution < 1.29 is 4.79 Å². The SMILES string of the molecule is Cn1cc(C(=O)C2CCCN2)c2cc(Cl)ccc21. The zero-order valence-electron chi connectivity index (χ0n) is 10.2. The zero-order chi connectivity index (χ0) is 12.7. The number of nitrogens with zero attached hydrogens (tertiary/aromatic N) is 1. The topological polar surface area (TPSA) is 34.0 Å². The van der Waals surface area contributed by atoms with Crippen molar-refractivity contribution in [1.29, 1.82) is 0 Å². The van der Waals surface area contributed by atoms with Gasteiger partial charge < -0.3 is 9.88 Å². The minimum atomic E-state index is -0.0328. The molecule has 0 aliphatic carbocycles. The van der Waals surface area contributed by atoms with Crippen LogP contribution in [0.4, 0.5) is 0 Å². The molecule has 1 aliphatic rings. The van der Waals surface area contributed by atoms with Gasteiger partial charge in [0.2, 0.25) is 0 Å². The van der Waals surface area contributed by atoms with Crippen molar-refractivity contribution in [3.63, 3.8) is 0 Å². The molecule has 18 heavy (non-hydrogen) atoms. The van der Waals surface area contributed by atoms with Gasteiger partial charge in [0.25, 0.3) is 0 Å². The van der Waals surface area contributed by atoms with Gasteiger partial charge in [0, 0.05) is 34.7 Å². The summed E-state index contributed by atoms with van der Waals surface area (Å²) in [4.78, 5) is 12.5. The van der Waals surface area contributed by atoms with Crippen molar-refractivity contribution in [2.75, 3.05) is 6.54 Å². The molecular formula is C14H15ClN2O. The van der Waals surface area contributed by atoms with Crippen molar-refractivity contribution in [3.8, 4) is 0 Å². The highest BCUT2D eigenvalue weighted by molar-refractivity contribution is 6.31. The number of hydrogen-bond donors (Lipinski definition) is 1. The smallest absolute Gasteiger partial charge is 0.181 e. The number of halogens is 1. The Morgan fingerprint density at radius 3 is 3.06 bits per heavy atom. The lowest BCUT2D eigenvalue weighted by Crippen LogP contribution is -2.30. The molecule has 0 amide bonds. The van der Waals surface area contributed by atoms with Crippen LogP contribution in [0.1, 0.15) is 23.2 Å². The molecule has 0 bridgehead atoms. The van der Waals surface area contributed by atoms with Crippen molar-refractivity contribution in [2.45, 2.75) is 18.9 Å². The Hall–Kier alpha value is -1.32. The van der Waals surface area contributed by atoms with E-state index in [9.17, 15) is 4.79 Å². The average Bonchev–Trinajstić information content (AvgIpc) is 2.97. The summed E-state index contributed by atoms with van der Waals surface area (Å²) in [7, 11) is 1.95. The van der Waals surface area contributed by atoms with E-state index in [0.717, 1.165) is 35.9 Å². The average molecular weight is 263 g/mol. The standard InChI is InChI=1S/C14H15ClN2O/c1-17-8-11(14(18)12-3-2-6-16-12)10-7-9(15)4-5-13(10)17/h4-5,7-8,12,16H,2-3,6H2,1H3. The lowest BCUT2D eigenvalue weighted by Gasteiger charge is -2.07. The second-order valence-corrected chi connectivity index (χ2v) is 5.26. The molecule has 0 saturated carbocycles. The van der Waals surface area contributed by atoms with E-state index in [1.54, 1.807) is 0 Å². The van der Waals surface area contributed by atoms with Gasteiger partial charge in [-0.25, -0.2) is 0 Å². The Balaban J connectivity index is 2.10. The molecule has 3 nitrogen and oxygen atoms in total. The number of benzene rings is 1. The molecular weight excluding hydrogens is 248 g/mol. The van der Waals surface area contributed by atoms with E-state index in [2.05, 4.69) is 5.32 Å². The van der Waals surface area contributed by atoms with Gasteiger partial charge in [0.1, 0.15) is 0 Å². The number of carbonyl (C=O) groups excluding carboxylic acids is 1. The number of nitrogens with one attached hydrogen (secondary N) is 1. The first-order valence-corrected chi connectivity index (χ1v) is 6.57. The normalized spacial score (nSPS) is 19.6. The summed E-state index contributed by atoms with van der Waals surface area (Å²) in [6, 6.07) is 5.65. The number of aryl methyl sites for hydroxylation is 1. The Bertz CT molecular complexity index is 612. The predicted molar refractivity (Wildman–Crippen MR) is 73.3 cm³/mol. The maximum absolute atomic E-state index is 12.5. The van der Waals surface area contributed by atoms with Crippen molar-refractivity contribution in [1.82, 2.24) is 9.88 Å². The van der Waals surface area contributed by atoms with Crippen LogP contribution < -0.4 is 5.32 Å². The molecule has 3 rings (SSSR count). The Morgan fingerprint density at radius 2 is 2.33 bits per heavy atom. The van der Waals surface area contributed by atoms with Crippen LogP contribution in [0.3, 0.4) is 0 Å². The maximum atomic E-state index is 12.5. The number of fused-ring (bicyclic) bond motifs is 1. The second kappa shape index (κ2) is 4.41. The van der Waals surface area contributed by atoms with E-state index >= 15 is 0 Å². The van der Waals surface area contributed by atoms with Crippen LogP contribution in [0.2, 0.25) is 5.02 Å². The molecule has 1 aromatic carbocycles. The largest absolute Gasteiger partial charge is 0.350 e. The van der Waals surface area contributed by atoms with Crippen molar-refractivity contribution in [3.05, 3.63) is 35.0 Å². The number of hydrogen-bond acceptors (Lipinski definition) is 2. The minimum Gasteiger partial charge on any atom is -0.350 e. The molecule has 94 valence electrons. The van der Waals surface area contributed by atoms with Gasteiger partial charge in [-0.05, 0) is 37.6 Å². The first-order chi connectivity index (χ1) is 8.66. The van der Waals surface area contributed by atoms with Gasteiger partial charge in [-0.1, -0.05) is 11.6 Å². The highest BCUT2D eigenvalue weighted by Crippen LogP contribution is 2.26. The minimum absolute atomic E-state index is 0.0328. The fraction of sp³-hybridized carbons (Fsp3) is 0.357. The number of carbonyl (C=O) groups is 1. The molecule has 1 N–H and O–H groups in total. The fourth-order valence-corrected chi connectivity index (χ4v) is 2.83. The van der Waals surface area contributed by atoms with Crippen LogP contribution in [-0.2, 0) is 7.05 Å². The highest BCUT2D eigenvalue weighted by Gasteiger charge is 2.25. The van der Waals surface area contributed by atoms with Gasteiger partial charge in [-0.15, -0.1) is 0 Å². The molecule has 1 unspecified atom stereocenters.